The van der Waals surface area contributed by atoms with Gasteiger partial charge in [-0.2, -0.15) is 5.10 Å². The van der Waals surface area contributed by atoms with Crippen LogP contribution in [0.1, 0.15) is 37.9 Å². The average molecular weight is 179 g/mol. The van der Waals surface area contributed by atoms with E-state index in [9.17, 15) is 0 Å². The summed E-state index contributed by atoms with van der Waals surface area (Å²) in [5.74, 6) is 0. The molecular weight excluding hydrogens is 162 g/mol. The van der Waals surface area contributed by atoms with Crippen molar-refractivity contribution in [2.45, 2.75) is 38.8 Å². The Morgan fingerprint density at radius 1 is 1.69 bits per heavy atom. The highest BCUT2D eigenvalue weighted by Gasteiger charge is 2.19. The molecule has 3 nitrogen and oxygen atoms in total. The van der Waals surface area contributed by atoms with Gasteiger partial charge in [-0.25, -0.2) is 0 Å². The second kappa shape index (κ2) is 3.92. The molecule has 2 rings (SSSR count). The Hall–Kier alpha value is -0.830. The molecule has 1 aromatic rings. The zero-order valence-electron chi connectivity index (χ0n) is 8.16. The lowest BCUT2D eigenvalue weighted by atomic mass is 10.1. The molecule has 1 atom stereocenters. The first-order valence-electron chi connectivity index (χ1n) is 5.17. The van der Waals surface area contributed by atoms with E-state index in [1.165, 1.54) is 18.5 Å². The minimum absolute atomic E-state index is 0.550. The molecule has 0 bridgehead atoms. The quantitative estimate of drug-likeness (QED) is 0.765. The molecule has 0 aliphatic carbocycles. The Balaban J connectivity index is 2.13. The Bertz CT molecular complexity index is 261. The van der Waals surface area contributed by atoms with Crippen molar-refractivity contribution in [3.8, 4) is 0 Å². The summed E-state index contributed by atoms with van der Waals surface area (Å²) in [6.45, 7) is 4.38. The standard InChI is InChI=1S/C10H17N3/c1-2-8-13-10(5-7-12-13)9-4-3-6-11-9/h5,7,9,11H,2-4,6,8H2,1H3. The van der Waals surface area contributed by atoms with Gasteiger partial charge in [-0.05, 0) is 31.9 Å². The molecule has 1 N–H and O–H groups in total. The lowest BCUT2D eigenvalue weighted by molar-refractivity contribution is 0.517. The molecule has 72 valence electrons. The lowest BCUT2D eigenvalue weighted by Crippen LogP contribution is -2.17. The first kappa shape index (κ1) is 8.75. The normalized spacial score (nSPS) is 22.4. The second-order valence-electron chi connectivity index (χ2n) is 3.63. The van der Waals surface area contributed by atoms with E-state index in [0.717, 1.165) is 19.5 Å². The van der Waals surface area contributed by atoms with Gasteiger partial charge in [0.2, 0.25) is 0 Å². The van der Waals surface area contributed by atoms with Crippen LogP contribution in [-0.4, -0.2) is 16.3 Å². The van der Waals surface area contributed by atoms with Crippen LogP contribution in [0.3, 0.4) is 0 Å². The molecule has 1 unspecified atom stereocenters. The Labute approximate surface area is 79.1 Å². The molecule has 3 heteroatoms. The van der Waals surface area contributed by atoms with E-state index in [1.807, 2.05) is 6.20 Å². The monoisotopic (exact) mass is 179 g/mol. The van der Waals surface area contributed by atoms with Crippen molar-refractivity contribution in [1.29, 1.82) is 0 Å². The van der Waals surface area contributed by atoms with Gasteiger partial charge < -0.3 is 5.32 Å². The van der Waals surface area contributed by atoms with Crippen molar-refractivity contribution in [3.63, 3.8) is 0 Å². The van der Waals surface area contributed by atoms with Gasteiger partial charge in [-0.3, -0.25) is 4.68 Å². The van der Waals surface area contributed by atoms with Gasteiger partial charge >= 0.3 is 0 Å². The molecule has 0 spiro atoms. The number of hydrogen-bond acceptors (Lipinski definition) is 2. The minimum Gasteiger partial charge on any atom is -0.309 e. The summed E-state index contributed by atoms with van der Waals surface area (Å²) in [4.78, 5) is 0. The lowest BCUT2D eigenvalue weighted by Gasteiger charge is -2.12. The number of aryl methyl sites for hydroxylation is 1. The van der Waals surface area contributed by atoms with Gasteiger partial charge in [-0.15, -0.1) is 0 Å². The molecule has 1 saturated heterocycles. The second-order valence-corrected chi connectivity index (χ2v) is 3.63. The Morgan fingerprint density at radius 3 is 3.31 bits per heavy atom. The summed E-state index contributed by atoms with van der Waals surface area (Å²) in [6, 6.07) is 2.69. The highest BCUT2D eigenvalue weighted by atomic mass is 15.3. The van der Waals surface area contributed by atoms with E-state index >= 15 is 0 Å². The van der Waals surface area contributed by atoms with Crippen molar-refractivity contribution < 1.29 is 0 Å². The van der Waals surface area contributed by atoms with E-state index in [1.54, 1.807) is 0 Å². The molecule has 0 amide bonds. The third-order valence-electron chi connectivity index (χ3n) is 2.60. The van der Waals surface area contributed by atoms with E-state index in [0.29, 0.717) is 6.04 Å². The van der Waals surface area contributed by atoms with Crippen LogP contribution in [0, 0.1) is 0 Å². The van der Waals surface area contributed by atoms with Gasteiger partial charge in [0.05, 0.1) is 5.69 Å². The van der Waals surface area contributed by atoms with Crippen LogP contribution in [0.25, 0.3) is 0 Å². The molecule has 1 aliphatic heterocycles. The third kappa shape index (κ3) is 1.75. The van der Waals surface area contributed by atoms with Crippen LogP contribution in [0.2, 0.25) is 0 Å². The first-order chi connectivity index (χ1) is 6.42. The fourth-order valence-electron chi connectivity index (χ4n) is 1.97. The largest absolute Gasteiger partial charge is 0.309 e. The van der Waals surface area contributed by atoms with Crippen molar-refractivity contribution in [1.82, 2.24) is 15.1 Å². The molecule has 0 aromatic carbocycles. The van der Waals surface area contributed by atoms with Gasteiger partial charge in [-0.1, -0.05) is 6.92 Å². The summed E-state index contributed by atoms with van der Waals surface area (Å²) in [5, 5.41) is 7.82. The summed E-state index contributed by atoms with van der Waals surface area (Å²) in [5.41, 5.74) is 1.36. The van der Waals surface area contributed by atoms with Crippen LogP contribution in [0.4, 0.5) is 0 Å². The SMILES string of the molecule is CCCn1nccc1C1CCCN1. The molecule has 13 heavy (non-hydrogen) atoms. The zero-order chi connectivity index (χ0) is 9.10. The first-order valence-corrected chi connectivity index (χ1v) is 5.17. The van der Waals surface area contributed by atoms with Gasteiger partial charge in [0.1, 0.15) is 0 Å². The zero-order valence-corrected chi connectivity index (χ0v) is 8.16. The van der Waals surface area contributed by atoms with Gasteiger partial charge in [0, 0.05) is 18.8 Å². The number of nitrogens with one attached hydrogen (secondary N) is 1. The summed E-state index contributed by atoms with van der Waals surface area (Å²) in [7, 11) is 0. The van der Waals surface area contributed by atoms with E-state index in [4.69, 9.17) is 0 Å². The van der Waals surface area contributed by atoms with Crippen LogP contribution >= 0.6 is 0 Å². The highest BCUT2D eigenvalue weighted by molar-refractivity contribution is 5.08. The van der Waals surface area contributed by atoms with Crippen LogP contribution in [-0.2, 0) is 6.54 Å². The third-order valence-corrected chi connectivity index (χ3v) is 2.60. The Morgan fingerprint density at radius 2 is 2.62 bits per heavy atom. The molecule has 0 radical (unpaired) electrons. The average Bonchev–Trinajstić information content (AvgIpc) is 2.71. The minimum atomic E-state index is 0.550. The summed E-state index contributed by atoms with van der Waals surface area (Å²) >= 11 is 0. The van der Waals surface area contributed by atoms with Crippen molar-refractivity contribution in [2.75, 3.05) is 6.54 Å². The smallest absolute Gasteiger partial charge is 0.0553 e. The summed E-state index contributed by atoms with van der Waals surface area (Å²) < 4.78 is 2.13. The van der Waals surface area contributed by atoms with Crippen molar-refractivity contribution >= 4 is 0 Å². The predicted molar refractivity (Wildman–Crippen MR) is 52.5 cm³/mol. The molecule has 1 fully saturated rings. The maximum atomic E-state index is 4.33. The van der Waals surface area contributed by atoms with Gasteiger partial charge in [0.15, 0.2) is 0 Å². The Kier molecular flexibility index (Phi) is 2.64. The van der Waals surface area contributed by atoms with E-state index < -0.39 is 0 Å². The van der Waals surface area contributed by atoms with E-state index in [2.05, 4.69) is 28.1 Å². The van der Waals surface area contributed by atoms with E-state index in [-0.39, 0.29) is 0 Å². The van der Waals surface area contributed by atoms with Gasteiger partial charge in [0.25, 0.3) is 0 Å². The molecule has 0 saturated carbocycles. The number of nitrogens with zero attached hydrogens (tertiary/aromatic N) is 2. The number of rotatable bonds is 3. The predicted octanol–water partition coefficient (Wildman–Crippen LogP) is 1.72. The molecular formula is C10H17N3. The fourth-order valence-corrected chi connectivity index (χ4v) is 1.97. The summed E-state index contributed by atoms with van der Waals surface area (Å²) in [6.07, 6.45) is 5.61. The molecule has 1 aliphatic rings. The topological polar surface area (TPSA) is 29.9 Å². The van der Waals surface area contributed by atoms with Crippen LogP contribution in [0.5, 0.6) is 0 Å². The molecule has 2 heterocycles. The van der Waals surface area contributed by atoms with Crippen LogP contribution < -0.4 is 5.32 Å². The van der Waals surface area contributed by atoms with Crippen molar-refractivity contribution in [3.05, 3.63) is 18.0 Å². The maximum Gasteiger partial charge on any atom is 0.0553 e. The molecule has 1 aromatic heterocycles. The number of aromatic nitrogens is 2. The fraction of sp³-hybridized carbons (Fsp3) is 0.700. The number of hydrogen-bond donors (Lipinski definition) is 1. The highest BCUT2D eigenvalue weighted by Crippen LogP contribution is 2.22. The maximum absolute atomic E-state index is 4.33. The van der Waals surface area contributed by atoms with Crippen molar-refractivity contribution in [2.24, 2.45) is 0 Å². The van der Waals surface area contributed by atoms with Crippen LogP contribution in [0.15, 0.2) is 12.3 Å².